The number of likely N-dealkylation sites (tertiary alicyclic amines) is 1. The fraction of sp³-hybridized carbons (Fsp3) is 0.348. The van der Waals surface area contributed by atoms with E-state index in [4.69, 9.17) is 9.72 Å². The molecule has 1 atom stereocenters. The normalized spacial score (nSPS) is 16.9. The molecule has 0 amide bonds. The lowest BCUT2D eigenvalue weighted by atomic mass is 10.0. The van der Waals surface area contributed by atoms with Crippen LogP contribution in [0.3, 0.4) is 0 Å². The van der Waals surface area contributed by atoms with Gasteiger partial charge in [-0.25, -0.2) is 4.98 Å². The van der Waals surface area contributed by atoms with E-state index in [1.54, 1.807) is 6.08 Å². The summed E-state index contributed by atoms with van der Waals surface area (Å²) in [5, 5.41) is 3.86. The number of ether oxygens (including phenoxy) is 1. The van der Waals surface area contributed by atoms with Crippen molar-refractivity contribution in [3.05, 3.63) is 72.6 Å². The summed E-state index contributed by atoms with van der Waals surface area (Å²) < 4.78 is 5.76. The second-order valence-electron chi connectivity index (χ2n) is 7.49. The predicted octanol–water partition coefficient (Wildman–Crippen LogP) is 3.90. The fourth-order valence-corrected chi connectivity index (χ4v) is 3.79. The quantitative estimate of drug-likeness (QED) is 0.614. The Labute approximate surface area is 166 Å². The van der Waals surface area contributed by atoms with Crippen molar-refractivity contribution in [1.29, 1.82) is 0 Å². The number of hydrogen-bond donors (Lipinski definition) is 2. The fourth-order valence-electron chi connectivity index (χ4n) is 3.79. The van der Waals surface area contributed by atoms with Crippen LogP contribution in [0.1, 0.15) is 30.3 Å². The standard InChI is InChI=1S/C23H28N4O/c1-3-15-28-19-8-6-7-17(16-19)22(24-18-11-13-27(2)14-12-18)23-25-20-9-4-5-10-21(20)26-23/h3-10,16,18,22,24H,1,11-15H2,2H3,(H,25,26). The minimum atomic E-state index is -0.00640. The Bertz CT molecular complexity index is 894. The van der Waals surface area contributed by atoms with Gasteiger partial charge in [-0.1, -0.05) is 36.9 Å². The lowest BCUT2D eigenvalue weighted by Gasteiger charge is -2.32. The Balaban J connectivity index is 1.65. The van der Waals surface area contributed by atoms with Gasteiger partial charge in [0.25, 0.3) is 0 Å². The predicted molar refractivity (Wildman–Crippen MR) is 114 cm³/mol. The van der Waals surface area contributed by atoms with Gasteiger partial charge in [-0.15, -0.1) is 0 Å². The van der Waals surface area contributed by atoms with Gasteiger partial charge in [-0.05, 0) is 62.8 Å². The summed E-state index contributed by atoms with van der Waals surface area (Å²) in [7, 11) is 2.19. The molecule has 2 aromatic carbocycles. The molecule has 28 heavy (non-hydrogen) atoms. The molecule has 0 bridgehead atoms. The third-order valence-electron chi connectivity index (χ3n) is 5.36. The zero-order valence-electron chi connectivity index (χ0n) is 16.4. The van der Waals surface area contributed by atoms with Crippen molar-refractivity contribution in [1.82, 2.24) is 20.2 Å². The van der Waals surface area contributed by atoms with E-state index in [2.05, 4.69) is 47.0 Å². The molecule has 0 radical (unpaired) electrons. The van der Waals surface area contributed by atoms with Crippen LogP contribution in [0, 0.1) is 0 Å². The molecule has 5 heteroatoms. The number of rotatable bonds is 7. The van der Waals surface area contributed by atoms with E-state index in [1.807, 2.05) is 30.3 Å². The number of piperidine rings is 1. The summed E-state index contributed by atoms with van der Waals surface area (Å²) in [6, 6.07) is 16.9. The molecule has 3 aromatic rings. The van der Waals surface area contributed by atoms with Crippen molar-refractivity contribution in [3.63, 3.8) is 0 Å². The van der Waals surface area contributed by atoms with Gasteiger partial charge in [-0.2, -0.15) is 0 Å². The molecule has 1 saturated heterocycles. The van der Waals surface area contributed by atoms with Gasteiger partial charge in [0.1, 0.15) is 18.2 Å². The Morgan fingerprint density at radius 1 is 1.25 bits per heavy atom. The number of hydrogen-bond acceptors (Lipinski definition) is 4. The number of aromatic nitrogens is 2. The van der Waals surface area contributed by atoms with E-state index in [0.717, 1.165) is 54.1 Å². The summed E-state index contributed by atoms with van der Waals surface area (Å²) in [4.78, 5) is 10.8. The molecule has 0 aliphatic carbocycles. The van der Waals surface area contributed by atoms with Crippen LogP contribution >= 0.6 is 0 Å². The average Bonchev–Trinajstić information content (AvgIpc) is 3.16. The largest absolute Gasteiger partial charge is 0.490 e. The number of imidazole rings is 1. The monoisotopic (exact) mass is 376 g/mol. The Kier molecular flexibility index (Phi) is 5.74. The molecule has 1 aromatic heterocycles. The van der Waals surface area contributed by atoms with Gasteiger partial charge < -0.3 is 19.9 Å². The van der Waals surface area contributed by atoms with Crippen molar-refractivity contribution in [2.75, 3.05) is 26.7 Å². The zero-order valence-corrected chi connectivity index (χ0v) is 16.4. The topological polar surface area (TPSA) is 53.2 Å². The Hall–Kier alpha value is -2.63. The number of para-hydroxylation sites is 2. The molecule has 4 rings (SSSR count). The molecule has 2 N–H and O–H groups in total. The second kappa shape index (κ2) is 8.59. The van der Waals surface area contributed by atoms with Gasteiger partial charge in [-0.3, -0.25) is 0 Å². The summed E-state index contributed by atoms with van der Waals surface area (Å²) in [5.74, 6) is 1.80. The molecule has 1 unspecified atom stereocenters. The molecular weight excluding hydrogens is 348 g/mol. The van der Waals surface area contributed by atoms with E-state index >= 15 is 0 Å². The molecular formula is C23H28N4O. The van der Waals surface area contributed by atoms with Crippen LogP contribution in [-0.2, 0) is 0 Å². The first kappa shape index (κ1) is 18.7. The van der Waals surface area contributed by atoms with Crippen molar-refractivity contribution in [3.8, 4) is 5.75 Å². The van der Waals surface area contributed by atoms with E-state index in [-0.39, 0.29) is 6.04 Å². The van der Waals surface area contributed by atoms with E-state index in [1.165, 1.54) is 0 Å². The molecule has 0 saturated carbocycles. The van der Waals surface area contributed by atoms with Gasteiger partial charge >= 0.3 is 0 Å². The number of benzene rings is 2. The van der Waals surface area contributed by atoms with Crippen molar-refractivity contribution in [2.24, 2.45) is 0 Å². The van der Waals surface area contributed by atoms with Crippen LogP contribution < -0.4 is 10.1 Å². The third kappa shape index (κ3) is 4.26. The molecule has 146 valence electrons. The van der Waals surface area contributed by atoms with Crippen LogP contribution in [0.15, 0.2) is 61.2 Å². The summed E-state index contributed by atoms with van der Waals surface area (Å²) in [6.07, 6.45) is 4.04. The first-order valence-electron chi connectivity index (χ1n) is 9.96. The first-order valence-corrected chi connectivity index (χ1v) is 9.96. The Morgan fingerprint density at radius 2 is 2.07 bits per heavy atom. The molecule has 1 aliphatic heterocycles. The number of fused-ring (bicyclic) bond motifs is 1. The van der Waals surface area contributed by atoms with Gasteiger partial charge in [0.2, 0.25) is 0 Å². The van der Waals surface area contributed by atoms with Crippen LogP contribution in [0.4, 0.5) is 0 Å². The van der Waals surface area contributed by atoms with Crippen molar-refractivity contribution in [2.45, 2.75) is 24.9 Å². The molecule has 0 spiro atoms. The lowest BCUT2D eigenvalue weighted by molar-refractivity contribution is 0.228. The highest BCUT2D eigenvalue weighted by molar-refractivity contribution is 5.75. The van der Waals surface area contributed by atoms with E-state index in [9.17, 15) is 0 Å². The van der Waals surface area contributed by atoms with E-state index in [0.29, 0.717) is 12.6 Å². The third-order valence-corrected chi connectivity index (χ3v) is 5.36. The SMILES string of the molecule is C=CCOc1cccc(C(NC2CCN(C)CC2)c2nc3ccccc3[nH]2)c1. The maximum Gasteiger partial charge on any atom is 0.129 e. The minimum absolute atomic E-state index is 0.00640. The molecule has 5 nitrogen and oxygen atoms in total. The van der Waals surface area contributed by atoms with Crippen molar-refractivity contribution < 1.29 is 4.74 Å². The molecule has 1 aliphatic rings. The highest BCUT2D eigenvalue weighted by atomic mass is 16.5. The molecule has 1 fully saturated rings. The number of nitrogens with one attached hydrogen (secondary N) is 2. The molecule has 2 heterocycles. The van der Waals surface area contributed by atoms with Gasteiger partial charge in [0, 0.05) is 6.04 Å². The highest BCUT2D eigenvalue weighted by Crippen LogP contribution is 2.27. The zero-order chi connectivity index (χ0) is 19.3. The van der Waals surface area contributed by atoms with Gasteiger partial charge in [0.05, 0.1) is 17.1 Å². The number of aromatic amines is 1. The summed E-state index contributed by atoms with van der Waals surface area (Å²) >= 11 is 0. The first-order chi connectivity index (χ1) is 13.7. The maximum atomic E-state index is 5.76. The minimum Gasteiger partial charge on any atom is -0.490 e. The lowest BCUT2D eigenvalue weighted by Crippen LogP contribution is -2.42. The second-order valence-corrected chi connectivity index (χ2v) is 7.49. The van der Waals surface area contributed by atoms with Crippen LogP contribution in [-0.4, -0.2) is 47.7 Å². The van der Waals surface area contributed by atoms with Gasteiger partial charge in [0.15, 0.2) is 0 Å². The number of nitrogens with zero attached hydrogens (tertiary/aromatic N) is 2. The van der Waals surface area contributed by atoms with E-state index < -0.39 is 0 Å². The summed E-state index contributed by atoms with van der Waals surface area (Å²) in [5.41, 5.74) is 3.21. The van der Waals surface area contributed by atoms with Crippen LogP contribution in [0.2, 0.25) is 0 Å². The van der Waals surface area contributed by atoms with Crippen LogP contribution in [0.25, 0.3) is 11.0 Å². The van der Waals surface area contributed by atoms with Crippen LogP contribution in [0.5, 0.6) is 5.75 Å². The summed E-state index contributed by atoms with van der Waals surface area (Å²) in [6.45, 7) is 6.47. The highest BCUT2D eigenvalue weighted by Gasteiger charge is 2.24. The average molecular weight is 377 g/mol. The van der Waals surface area contributed by atoms with Crippen molar-refractivity contribution >= 4 is 11.0 Å². The maximum absolute atomic E-state index is 5.76. The number of H-pyrrole nitrogens is 1. The Morgan fingerprint density at radius 3 is 2.86 bits per heavy atom. The smallest absolute Gasteiger partial charge is 0.129 e.